The molecular weight excluding hydrogens is 224 g/mol. The maximum Gasteiger partial charge on any atom is 0.0829 e. The van der Waals surface area contributed by atoms with E-state index in [0.717, 1.165) is 6.54 Å². The average Bonchev–Trinajstić information content (AvgIpc) is 2.99. The summed E-state index contributed by atoms with van der Waals surface area (Å²) in [4.78, 5) is 4.07. The van der Waals surface area contributed by atoms with E-state index in [9.17, 15) is 0 Å². The highest BCUT2D eigenvalue weighted by molar-refractivity contribution is 5.64. The summed E-state index contributed by atoms with van der Waals surface area (Å²) < 4.78 is 1.99. The normalized spacial score (nSPS) is 19.3. The van der Waals surface area contributed by atoms with Crippen LogP contribution in [0, 0.1) is 6.92 Å². The molecule has 4 heteroatoms. The molecule has 0 amide bonds. The highest BCUT2D eigenvalue weighted by Crippen LogP contribution is 2.31. The molecule has 2 aromatic heterocycles. The summed E-state index contributed by atoms with van der Waals surface area (Å²) in [5, 5.41) is 8.22. The van der Waals surface area contributed by atoms with E-state index in [2.05, 4.69) is 17.2 Å². The zero-order valence-corrected chi connectivity index (χ0v) is 10.8. The molecule has 18 heavy (non-hydrogen) atoms. The zero-order valence-electron chi connectivity index (χ0n) is 10.8. The van der Waals surface area contributed by atoms with Crippen molar-refractivity contribution in [3.8, 4) is 11.3 Å². The summed E-state index contributed by atoms with van der Waals surface area (Å²) in [7, 11) is 2.02. The van der Waals surface area contributed by atoms with Crippen molar-refractivity contribution in [3.63, 3.8) is 0 Å². The van der Waals surface area contributed by atoms with Gasteiger partial charge in [-0.3, -0.25) is 9.67 Å². The lowest BCUT2D eigenvalue weighted by molar-refractivity contribution is 0.605. The highest BCUT2D eigenvalue weighted by Gasteiger charge is 2.23. The Morgan fingerprint density at radius 2 is 2.11 bits per heavy atom. The maximum atomic E-state index is 4.70. The molecule has 0 saturated carbocycles. The molecule has 3 heterocycles. The molecule has 1 atom stereocenters. The van der Waals surface area contributed by atoms with Crippen LogP contribution in [0.25, 0.3) is 11.3 Å². The van der Waals surface area contributed by atoms with E-state index in [1.165, 1.54) is 35.4 Å². The van der Waals surface area contributed by atoms with E-state index in [4.69, 9.17) is 5.10 Å². The van der Waals surface area contributed by atoms with Crippen LogP contribution in [-0.2, 0) is 7.05 Å². The molecule has 1 saturated heterocycles. The van der Waals surface area contributed by atoms with Crippen LogP contribution in [0.5, 0.6) is 0 Å². The van der Waals surface area contributed by atoms with Crippen LogP contribution in [-0.4, -0.2) is 21.3 Å². The Kier molecular flexibility index (Phi) is 2.88. The van der Waals surface area contributed by atoms with Gasteiger partial charge in [-0.2, -0.15) is 5.10 Å². The van der Waals surface area contributed by atoms with Crippen LogP contribution < -0.4 is 5.32 Å². The molecule has 0 radical (unpaired) electrons. The van der Waals surface area contributed by atoms with E-state index >= 15 is 0 Å². The van der Waals surface area contributed by atoms with Gasteiger partial charge in [-0.15, -0.1) is 0 Å². The lowest BCUT2D eigenvalue weighted by atomic mass is 10.0. The monoisotopic (exact) mass is 242 g/mol. The summed E-state index contributed by atoms with van der Waals surface area (Å²) in [6.45, 7) is 3.27. The molecule has 1 unspecified atom stereocenters. The number of pyridine rings is 1. The zero-order chi connectivity index (χ0) is 12.5. The van der Waals surface area contributed by atoms with Crippen molar-refractivity contribution in [2.45, 2.75) is 25.8 Å². The van der Waals surface area contributed by atoms with Gasteiger partial charge in [0.1, 0.15) is 0 Å². The molecule has 1 aliphatic heterocycles. The highest BCUT2D eigenvalue weighted by atomic mass is 15.3. The van der Waals surface area contributed by atoms with Gasteiger partial charge < -0.3 is 5.32 Å². The lowest BCUT2D eigenvalue weighted by Gasteiger charge is -2.07. The summed E-state index contributed by atoms with van der Waals surface area (Å²) in [6, 6.07) is 4.50. The molecule has 1 fully saturated rings. The number of hydrogen-bond acceptors (Lipinski definition) is 3. The molecule has 0 spiro atoms. The number of hydrogen-bond donors (Lipinski definition) is 1. The Morgan fingerprint density at radius 1 is 1.33 bits per heavy atom. The number of rotatable bonds is 2. The first-order valence-corrected chi connectivity index (χ1v) is 6.44. The molecule has 0 aromatic carbocycles. The van der Waals surface area contributed by atoms with E-state index in [-0.39, 0.29) is 0 Å². The van der Waals surface area contributed by atoms with Gasteiger partial charge in [0.25, 0.3) is 0 Å². The minimum absolute atomic E-state index is 0.423. The molecule has 94 valence electrons. The van der Waals surface area contributed by atoms with Crippen molar-refractivity contribution >= 4 is 0 Å². The average molecular weight is 242 g/mol. The van der Waals surface area contributed by atoms with Crippen LogP contribution >= 0.6 is 0 Å². The topological polar surface area (TPSA) is 42.7 Å². The van der Waals surface area contributed by atoms with E-state index in [1.54, 1.807) is 0 Å². The Bertz CT molecular complexity index is 538. The van der Waals surface area contributed by atoms with Gasteiger partial charge in [0.2, 0.25) is 0 Å². The molecule has 0 aliphatic carbocycles. The SMILES string of the molecule is Cc1c(C2CCCN2)nn(C)c1-c1ccncc1. The standard InChI is InChI=1S/C14H18N4/c1-10-13(12-4-3-7-16-12)17-18(2)14(10)11-5-8-15-9-6-11/h5-6,8-9,12,16H,3-4,7H2,1-2H3. The van der Waals surface area contributed by atoms with Gasteiger partial charge in [-0.25, -0.2) is 0 Å². The largest absolute Gasteiger partial charge is 0.309 e. The summed E-state index contributed by atoms with van der Waals surface area (Å²) >= 11 is 0. The Balaban J connectivity index is 2.06. The third-order valence-electron chi connectivity index (χ3n) is 3.66. The minimum Gasteiger partial charge on any atom is -0.309 e. The fraction of sp³-hybridized carbons (Fsp3) is 0.429. The molecular formula is C14H18N4. The number of aryl methyl sites for hydroxylation is 1. The third-order valence-corrected chi connectivity index (χ3v) is 3.66. The van der Waals surface area contributed by atoms with Gasteiger partial charge >= 0.3 is 0 Å². The molecule has 4 nitrogen and oxygen atoms in total. The summed E-state index contributed by atoms with van der Waals surface area (Å²) in [5.41, 5.74) is 4.85. The Hall–Kier alpha value is -1.68. The van der Waals surface area contributed by atoms with Crippen LogP contribution in [0.15, 0.2) is 24.5 Å². The second-order valence-corrected chi connectivity index (χ2v) is 4.87. The van der Waals surface area contributed by atoms with E-state index in [0.29, 0.717) is 6.04 Å². The quantitative estimate of drug-likeness (QED) is 0.878. The van der Waals surface area contributed by atoms with E-state index in [1.807, 2.05) is 36.3 Å². The van der Waals surface area contributed by atoms with Crippen LogP contribution in [0.3, 0.4) is 0 Å². The Labute approximate surface area is 107 Å². The van der Waals surface area contributed by atoms with Crippen LogP contribution in [0.1, 0.15) is 30.1 Å². The number of aromatic nitrogens is 3. The first-order valence-electron chi connectivity index (χ1n) is 6.44. The smallest absolute Gasteiger partial charge is 0.0829 e. The van der Waals surface area contributed by atoms with Gasteiger partial charge in [-0.1, -0.05) is 0 Å². The van der Waals surface area contributed by atoms with Crippen molar-refractivity contribution in [2.24, 2.45) is 7.05 Å². The van der Waals surface area contributed by atoms with Crippen molar-refractivity contribution in [1.29, 1.82) is 0 Å². The lowest BCUT2D eigenvalue weighted by Crippen LogP contribution is -2.14. The third kappa shape index (κ3) is 1.82. The minimum atomic E-state index is 0.423. The predicted octanol–water partition coefficient (Wildman–Crippen LogP) is 2.22. The molecule has 1 aliphatic rings. The summed E-state index contributed by atoms with van der Waals surface area (Å²) in [6.07, 6.45) is 6.09. The maximum absolute atomic E-state index is 4.70. The van der Waals surface area contributed by atoms with Crippen LogP contribution in [0.4, 0.5) is 0 Å². The molecule has 2 aromatic rings. The predicted molar refractivity (Wildman–Crippen MR) is 71.2 cm³/mol. The fourth-order valence-electron chi connectivity index (χ4n) is 2.81. The van der Waals surface area contributed by atoms with Crippen molar-refractivity contribution in [1.82, 2.24) is 20.1 Å². The molecule has 1 N–H and O–H groups in total. The second-order valence-electron chi connectivity index (χ2n) is 4.87. The number of nitrogens with one attached hydrogen (secondary N) is 1. The van der Waals surface area contributed by atoms with Gasteiger partial charge in [-0.05, 0) is 44.0 Å². The molecule has 3 rings (SSSR count). The van der Waals surface area contributed by atoms with Gasteiger partial charge in [0.15, 0.2) is 0 Å². The first-order chi connectivity index (χ1) is 8.77. The van der Waals surface area contributed by atoms with Crippen molar-refractivity contribution in [2.75, 3.05) is 6.54 Å². The molecule has 0 bridgehead atoms. The number of nitrogens with zero attached hydrogens (tertiary/aromatic N) is 3. The Morgan fingerprint density at radius 3 is 2.78 bits per heavy atom. The van der Waals surface area contributed by atoms with Gasteiger partial charge in [0.05, 0.1) is 17.4 Å². The first kappa shape index (κ1) is 11.4. The van der Waals surface area contributed by atoms with Crippen molar-refractivity contribution in [3.05, 3.63) is 35.8 Å². The van der Waals surface area contributed by atoms with Gasteiger partial charge in [0, 0.05) is 25.0 Å². The van der Waals surface area contributed by atoms with Crippen molar-refractivity contribution < 1.29 is 0 Å². The second kappa shape index (κ2) is 4.53. The van der Waals surface area contributed by atoms with E-state index < -0.39 is 0 Å². The van der Waals surface area contributed by atoms with Crippen LogP contribution in [0.2, 0.25) is 0 Å². The fourth-order valence-corrected chi connectivity index (χ4v) is 2.81. The summed E-state index contributed by atoms with van der Waals surface area (Å²) in [5.74, 6) is 0.